The molecule has 0 aromatic heterocycles. The Labute approximate surface area is 107 Å². The van der Waals surface area contributed by atoms with Gasteiger partial charge in [-0.05, 0) is 31.9 Å². The molecule has 16 heavy (non-hydrogen) atoms. The molecular formula is C14H28OS. The maximum atomic E-state index is 5.97. The fourth-order valence-corrected chi connectivity index (χ4v) is 2.69. The highest BCUT2D eigenvalue weighted by Crippen LogP contribution is 2.42. The van der Waals surface area contributed by atoms with E-state index in [1.54, 1.807) is 0 Å². The van der Waals surface area contributed by atoms with E-state index in [-0.39, 0.29) is 0 Å². The molecule has 1 saturated carbocycles. The summed E-state index contributed by atoms with van der Waals surface area (Å²) in [6.45, 7) is 5.41. The van der Waals surface area contributed by atoms with Gasteiger partial charge in [0.2, 0.25) is 0 Å². The van der Waals surface area contributed by atoms with Gasteiger partial charge < -0.3 is 4.74 Å². The molecule has 0 spiro atoms. The van der Waals surface area contributed by atoms with E-state index in [0.717, 1.165) is 12.4 Å². The molecular weight excluding hydrogens is 216 g/mol. The SMILES string of the molecule is CCCCCCC(C)OCC1(CS)CCC1. The van der Waals surface area contributed by atoms with Crippen molar-refractivity contribution in [3.05, 3.63) is 0 Å². The van der Waals surface area contributed by atoms with E-state index in [2.05, 4.69) is 26.5 Å². The minimum absolute atomic E-state index is 0.431. The van der Waals surface area contributed by atoms with Crippen molar-refractivity contribution < 1.29 is 4.74 Å². The monoisotopic (exact) mass is 244 g/mol. The van der Waals surface area contributed by atoms with Crippen molar-refractivity contribution in [3.8, 4) is 0 Å². The van der Waals surface area contributed by atoms with Crippen molar-refractivity contribution in [2.75, 3.05) is 12.4 Å². The summed E-state index contributed by atoms with van der Waals surface area (Å²) in [6, 6.07) is 0. The van der Waals surface area contributed by atoms with Crippen LogP contribution in [0.25, 0.3) is 0 Å². The molecule has 1 rings (SSSR count). The van der Waals surface area contributed by atoms with E-state index in [0.29, 0.717) is 11.5 Å². The minimum Gasteiger partial charge on any atom is -0.378 e. The molecule has 0 aromatic carbocycles. The minimum atomic E-state index is 0.431. The molecule has 96 valence electrons. The van der Waals surface area contributed by atoms with Gasteiger partial charge in [0.1, 0.15) is 0 Å². The first-order chi connectivity index (χ1) is 7.72. The lowest BCUT2D eigenvalue weighted by atomic mass is 9.71. The Morgan fingerprint density at radius 3 is 2.50 bits per heavy atom. The van der Waals surface area contributed by atoms with Crippen LogP contribution in [0.3, 0.4) is 0 Å². The summed E-state index contributed by atoms with van der Waals surface area (Å²) in [5, 5.41) is 0. The molecule has 0 heterocycles. The molecule has 1 aliphatic rings. The predicted octanol–water partition coefficient (Wildman–Crippen LogP) is 4.46. The van der Waals surface area contributed by atoms with E-state index in [1.807, 2.05) is 0 Å². The Balaban J connectivity index is 2.03. The Bertz CT molecular complexity index is 172. The highest BCUT2D eigenvalue weighted by molar-refractivity contribution is 7.80. The maximum Gasteiger partial charge on any atom is 0.0547 e. The molecule has 1 aliphatic carbocycles. The normalized spacial score (nSPS) is 20.4. The summed E-state index contributed by atoms with van der Waals surface area (Å²) in [5.41, 5.74) is 0.431. The largest absolute Gasteiger partial charge is 0.378 e. The number of thiol groups is 1. The van der Waals surface area contributed by atoms with Gasteiger partial charge in [0.25, 0.3) is 0 Å². The second kappa shape index (κ2) is 7.60. The molecule has 0 amide bonds. The third-order valence-electron chi connectivity index (χ3n) is 3.89. The van der Waals surface area contributed by atoms with Gasteiger partial charge in [0.15, 0.2) is 0 Å². The molecule has 2 heteroatoms. The summed E-state index contributed by atoms with van der Waals surface area (Å²) in [7, 11) is 0. The molecule has 0 radical (unpaired) electrons. The first-order valence-corrected chi connectivity index (χ1v) is 7.58. The average Bonchev–Trinajstić information content (AvgIpc) is 2.24. The van der Waals surface area contributed by atoms with Crippen molar-refractivity contribution in [2.45, 2.75) is 71.3 Å². The van der Waals surface area contributed by atoms with E-state index < -0.39 is 0 Å². The van der Waals surface area contributed by atoms with Crippen LogP contribution in [-0.4, -0.2) is 18.5 Å². The van der Waals surface area contributed by atoms with Crippen LogP contribution in [-0.2, 0) is 4.74 Å². The molecule has 0 saturated heterocycles. The molecule has 1 nitrogen and oxygen atoms in total. The first kappa shape index (κ1) is 14.4. The van der Waals surface area contributed by atoms with Crippen molar-refractivity contribution in [2.24, 2.45) is 5.41 Å². The van der Waals surface area contributed by atoms with Gasteiger partial charge in [-0.25, -0.2) is 0 Å². The van der Waals surface area contributed by atoms with Gasteiger partial charge in [-0.3, -0.25) is 0 Å². The molecule has 1 fully saturated rings. The quantitative estimate of drug-likeness (QED) is 0.465. The van der Waals surface area contributed by atoms with Gasteiger partial charge in [-0.1, -0.05) is 39.0 Å². The highest BCUT2D eigenvalue weighted by atomic mass is 32.1. The van der Waals surface area contributed by atoms with E-state index in [4.69, 9.17) is 4.74 Å². The third-order valence-corrected chi connectivity index (χ3v) is 4.56. The number of rotatable bonds is 9. The second-order valence-corrected chi connectivity index (χ2v) is 5.80. The summed E-state index contributed by atoms with van der Waals surface area (Å²) in [4.78, 5) is 0. The van der Waals surface area contributed by atoms with Crippen molar-refractivity contribution in [3.63, 3.8) is 0 Å². The van der Waals surface area contributed by atoms with Crippen LogP contribution in [0.2, 0.25) is 0 Å². The summed E-state index contributed by atoms with van der Waals surface area (Å²) < 4.78 is 5.97. The lowest BCUT2D eigenvalue weighted by Crippen LogP contribution is -2.37. The van der Waals surface area contributed by atoms with Crippen LogP contribution < -0.4 is 0 Å². The van der Waals surface area contributed by atoms with Gasteiger partial charge in [0, 0.05) is 5.41 Å². The van der Waals surface area contributed by atoms with E-state index in [1.165, 1.54) is 51.4 Å². The number of ether oxygens (including phenoxy) is 1. The zero-order chi connectivity index (χ0) is 11.9. The standard InChI is InChI=1S/C14H28OS/c1-3-4-5-6-8-13(2)15-11-14(12-16)9-7-10-14/h13,16H,3-12H2,1-2H3. The zero-order valence-electron chi connectivity index (χ0n) is 11.0. The Morgan fingerprint density at radius 2 is 2.00 bits per heavy atom. The van der Waals surface area contributed by atoms with Gasteiger partial charge in [-0.15, -0.1) is 0 Å². The van der Waals surface area contributed by atoms with Gasteiger partial charge in [-0.2, -0.15) is 12.6 Å². The van der Waals surface area contributed by atoms with Crippen molar-refractivity contribution in [1.82, 2.24) is 0 Å². The van der Waals surface area contributed by atoms with Gasteiger partial charge >= 0.3 is 0 Å². The zero-order valence-corrected chi connectivity index (χ0v) is 11.9. The first-order valence-electron chi connectivity index (χ1n) is 6.95. The lowest BCUT2D eigenvalue weighted by Gasteiger charge is -2.41. The number of hydrogen-bond acceptors (Lipinski definition) is 2. The topological polar surface area (TPSA) is 9.23 Å². The Hall–Kier alpha value is 0.310. The van der Waals surface area contributed by atoms with Crippen LogP contribution in [0.15, 0.2) is 0 Å². The highest BCUT2D eigenvalue weighted by Gasteiger charge is 2.36. The van der Waals surface area contributed by atoms with Gasteiger partial charge in [0.05, 0.1) is 12.7 Å². The van der Waals surface area contributed by atoms with E-state index >= 15 is 0 Å². The molecule has 0 N–H and O–H groups in total. The maximum absolute atomic E-state index is 5.97. The van der Waals surface area contributed by atoms with Crippen molar-refractivity contribution >= 4 is 12.6 Å². The van der Waals surface area contributed by atoms with Crippen LogP contribution in [0, 0.1) is 5.41 Å². The molecule has 0 aromatic rings. The second-order valence-electron chi connectivity index (χ2n) is 5.48. The summed E-state index contributed by atoms with van der Waals surface area (Å²) >= 11 is 4.45. The summed E-state index contributed by atoms with van der Waals surface area (Å²) in [5.74, 6) is 0.996. The predicted molar refractivity (Wildman–Crippen MR) is 74.3 cm³/mol. The van der Waals surface area contributed by atoms with Crippen LogP contribution in [0.5, 0.6) is 0 Å². The molecule has 1 atom stereocenters. The van der Waals surface area contributed by atoms with Crippen LogP contribution in [0.4, 0.5) is 0 Å². The number of hydrogen-bond donors (Lipinski definition) is 1. The molecule has 0 aliphatic heterocycles. The number of unbranched alkanes of at least 4 members (excludes halogenated alkanes) is 3. The fourth-order valence-electron chi connectivity index (χ4n) is 2.29. The lowest BCUT2D eigenvalue weighted by molar-refractivity contribution is -0.0289. The summed E-state index contributed by atoms with van der Waals surface area (Å²) in [6.07, 6.45) is 11.0. The van der Waals surface area contributed by atoms with E-state index in [9.17, 15) is 0 Å². The third kappa shape index (κ3) is 4.67. The van der Waals surface area contributed by atoms with Crippen LogP contribution >= 0.6 is 12.6 Å². The fraction of sp³-hybridized carbons (Fsp3) is 1.00. The van der Waals surface area contributed by atoms with Crippen molar-refractivity contribution in [1.29, 1.82) is 0 Å². The van der Waals surface area contributed by atoms with Crippen LogP contribution in [0.1, 0.15) is 65.2 Å². The smallest absolute Gasteiger partial charge is 0.0547 e. The molecule has 0 bridgehead atoms. The Morgan fingerprint density at radius 1 is 1.25 bits per heavy atom. The average molecular weight is 244 g/mol. The Kier molecular flexibility index (Phi) is 6.83. The molecule has 1 unspecified atom stereocenters.